The molecule has 0 atom stereocenters. The fourth-order valence-corrected chi connectivity index (χ4v) is 3.20. The lowest BCUT2D eigenvalue weighted by molar-refractivity contribution is 0.102. The molecule has 3 aromatic carbocycles. The molecule has 0 aliphatic rings. The van der Waals surface area contributed by atoms with Crippen LogP contribution in [0.1, 0.15) is 10.4 Å². The third kappa shape index (κ3) is 4.07. The van der Waals surface area contributed by atoms with Crippen molar-refractivity contribution < 1.29 is 13.9 Å². The summed E-state index contributed by atoms with van der Waals surface area (Å²) in [7, 11) is 1.60. The summed E-state index contributed by atoms with van der Waals surface area (Å²) in [5.74, 6) is 0.941. The van der Waals surface area contributed by atoms with Gasteiger partial charge in [0, 0.05) is 27.4 Å². The molecule has 0 aliphatic carbocycles. The molecule has 1 N–H and O–H groups in total. The Bertz CT molecular complexity index is 1240. The van der Waals surface area contributed by atoms with Gasteiger partial charge in [-0.25, -0.2) is 0 Å². The van der Waals surface area contributed by atoms with Crippen molar-refractivity contribution in [3.05, 3.63) is 93.1 Å². The van der Waals surface area contributed by atoms with Gasteiger partial charge in [0.1, 0.15) is 17.1 Å². The molecule has 0 aliphatic heterocycles. The molecule has 144 valence electrons. The van der Waals surface area contributed by atoms with Crippen molar-refractivity contribution in [2.24, 2.45) is 0 Å². The minimum Gasteiger partial charge on any atom is -0.497 e. The van der Waals surface area contributed by atoms with E-state index in [0.29, 0.717) is 28.0 Å². The predicted molar refractivity (Wildman–Crippen MR) is 117 cm³/mol. The minimum atomic E-state index is -0.254. The summed E-state index contributed by atoms with van der Waals surface area (Å²) in [6.45, 7) is 0. The number of rotatable bonds is 4. The van der Waals surface area contributed by atoms with Crippen LogP contribution in [-0.4, -0.2) is 13.0 Å². The monoisotopic (exact) mass is 449 g/mol. The number of halogens is 1. The van der Waals surface area contributed by atoms with Gasteiger partial charge in [-0.05, 0) is 66.7 Å². The van der Waals surface area contributed by atoms with Crippen LogP contribution in [0.25, 0.3) is 22.3 Å². The highest BCUT2D eigenvalue weighted by atomic mass is 79.9. The summed E-state index contributed by atoms with van der Waals surface area (Å²) < 4.78 is 11.9. The van der Waals surface area contributed by atoms with Gasteiger partial charge in [0.2, 0.25) is 0 Å². The molecule has 29 heavy (non-hydrogen) atoms. The molecule has 0 spiro atoms. The third-order valence-corrected chi connectivity index (χ3v) is 4.99. The highest BCUT2D eigenvalue weighted by molar-refractivity contribution is 9.10. The quantitative estimate of drug-likeness (QED) is 0.447. The lowest BCUT2D eigenvalue weighted by Crippen LogP contribution is -2.12. The Balaban J connectivity index is 1.64. The average Bonchev–Trinajstić information content (AvgIpc) is 2.74. The Morgan fingerprint density at radius 1 is 0.966 bits per heavy atom. The van der Waals surface area contributed by atoms with Gasteiger partial charge >= 0.3 is 0 Å². The van der Waals surface area contributed by atoms with Crippen molar-refractivity contribution in [2.45, 2.75) is 0 Å². The van der Waals surface area contributed by atoms with Crippen LogP contribution >= 0.6 is 15.9 Å². The number of benzene rings is 3. The summed E-state index contributed by atoms with van der Waals surface area (Å²) in [6.07, 6.45) is 0. The fourth-order valence-electron chi connectivity index (χ4n) is 2.94. The van der Waals surface area contributed by atoms with Crippen molar-refractivity contribution >= 4 is 38.5 Å². The van der Waals surface area contributed by atoms with Gasteiger partial charge in [0.25, 0.3) is 5.91 Å². The third-order valence-electron chi connectivity index (χ3n) is 4.47. The first-order valence-corrected chi connectivity index (χ1v) is 9.62. The normalized spacial score (nSPS) is 10.7. The van der Waals surface area contributed by atoms with Crippen molar-refractivity contribution in [2.75, 3.05) is 12.4 Å². The van der Waals surface area contributed by atoms with E-state index in [9.17, 15) is 9.59 Å². The highest BCUT2D eigenvalue weighted by Gasteiger charge is 2.10. The van der Waals surface area contributed by atoms with E-state index in [2.05, 4.69) is 21.2 Å². The Labute approximate surface area is 175 Å². The highest BCUT2D eigenvalue weighted by Crippen LogP contribution is 2.25. The van der Waals surface area contributed by atoms with E-state index < -0.39 is 0 Å². The standard InChI is InChI=1S/C23H16BrNO4/c1-28-18-9-4-14(5-10-18)22-13-20(26)19-12-17(8-11-21(19)29-22)25-23(27)15-2-6-16(24)7-3-15/h2-13H,1H3,(H,25,27). The average molecular weight is 450 g/mol. The maximum absolute atomic E-state index is 12.6. The Hall–Kier alpha value is -3.38. The minimum absolute atomic E-state index is 0.184. The van der Waals surface area contributed by atoms with Crippen LogP contribution in [-0.2, 0) is 0 Å². The zero-order valence-corrected chi connectivity index (χ0v) is 17.0. The number of methoxy groups -OCH3 is 1. The molecule has 0 unspecified atom stereocenters. The van der Waals surface area contributed by atoms with Gasteiger partial charge in [-0.3, -0.25) is 9.59 Å². The van der Waals surface area contributed by atoms with Crippen LogP contribution in [0.2, 0.25) is 0 Å². The number of nitrogens with one attached hydrogen (secondary N) is 1. The summed E-state index contributed by atoms with van der Waals surface area (Å²) >= 11 is 3.34. The first kappa shape index (κ1) is 19.0. The van der Waals surface area contributed by atoms with Crippen molar-refractivity contribution in [3.63, 3.8) is 0 Å². The molecule has 1 amide bonds. The number of ether oxygens (including phenoxy) is 1. The summed E-state index contributed by atoms with van der Waals surface area (Å²) in [6, 6.07) is 20.8. The smallest absolute Gasteiger partial charge is 0.255 e. The van der Waals surface area contributed by atoms with Crippen LogP contribution in [0.3, 0.4) is 0 Å². The van der Waals surface area contributed by atoms with E-state index in [0.717, 1.165) is 15.8 Å². The molecule has 0 saturated heterocycles. The summed E-state index contributed by atoms with van der Waals surface area (Å²) in [4.78, 5) is 25.0. The second-order valence-electron chi connectivity index (χ2n) is 6.38. The molecule has 6 heteroatoms. The molecular weight excluding hydrogens is 434 g/mol. The topological polar surface area (TPSA) is 68.5 Å². The largest absolute Gasteiger partial charge is 0.497 e. The van der Waals surface area contributed by atoms with Crippen LogP contribution < -0.4 is 15.5 Å². The molecule has 0 fully saturated rings. The van der Waals surface area contributed by atoms with Gasteiger partial charge < -0.3 is 14.5 Å². The number of fused-ring (bicyclic) bond motifs is 1. The maximum atomic E-state index is 12.6. The fraction of sp³-hybridized carbons (Fsp3) is 0.0435. The van der Waals surface area contributed by atoms with Gasteiger partial charge in [0.15, 0.2) is 5.43 Å². The molecule has 4 aromatic rings. The van der Waals surface area contributed by atoms with Crippen molar-refractivity contribution in [3.8, 4) is 17.1 Å². The number of carbonyl (C=O) groups is 1. The van der Waals surface area contributed by atoms with Crippen LogP contribution in [0.15, 0.2) is 86.5 Å². The van der Waals surface area contributed by atoms with Gasteiger partial charge in [-0.1, -0.05) is 15.9 Å². The van der Waals surface area contributed by atoms with Gasteiger partial charge in [-0.2, -0.15) is 0 Å². The molecule has 0 bridgehead atoms. The number of carbonyl (C=O) groups excluding carboxylic acids is 1. The molecule has 0 saturated carbocycles. The SMILES string of the molecule is COc1ccc(-c2cc(=O)c3cc(NC(=O)c4ccc(Br)cc4)ccc3o2)cc1. The van der Waals surface area contributed by atoms with E-state index in [1.54, 1.807) is 61.7 Å². The first-order valence-electron chi connectivity index (χ1n) is 8.83. The zero-order valence-electron chi connectivity index (χ0n) is 15.4. The van der Waals surface area contributed by atoms with E-state index in [4.69, 9.17) is 9.15 Å². The zero-order chi connectivity index (χ0) is 20.4. The van der Waals surface area contributed by atoms with Crippen LogP contribution in [0.4, 0.5) is 5.69 Å². The Morgan fingerprint density at radius 2 is 1.69 bits per heavy atom. The van der Waals surface area contributed by atoms with E-state index in [1.807, 2.05) is 12.1 Å². The number of hydrogen-bond donors (Lipinski definition) is 1. The van der Waals surface area contributed by atoms with E-state index in [-0.39, 0.29) is 11.3 Å². The molecule has 5 nitrogen and oxygen atoms in total. The second kappa shape index (κ2) is 7.93. The molecule has 4 rings (SSSR count). The summed E-state index contributed by atoms with van der Waals surface area (Å²) in [5.41, 5.74) is 2.09. The predicted octanol–water partition coefficient (Wildman–Crippen LogP) is 5.48. The number of hydrogen-bond acceptors (Lipinski definition) is 4. The molecular formula is C23H16BrNO4. The van der Waals surface area contributed by atoms with E-state index in [1.165, 1.54) is 6.07 Å². The van der Waals surface area contributed by atoms with Gasteiger partial charge in [-0.15, -0.1) is 0 Å². The van der Waals surface area contributed by atoms with Crippen LogP contribution in [0.5, 0.6) is 5.75 Å². The molecule has 1 heterocycles. The van der Waals surface area contributed by atoms with Gasteiger partial charge in [0.05, 0.1) is 12.5 Å². The van der Waals surface area contributed by atoms with Crippen molar-refractivity contribution in [1.29, 1.82) is 0 Å². The van der Waals surface area contributed by atoms with E-state index >= 15 is 0 Å². The number of amides is 1. The van der Waals surface area contributed by atoms with Crippen molar-refractivity contribution in [1.82, 2.24) is 0 Å². The Morgan fingerprint density at radius 3 is 2.38 bits per heavy atom. The lowest BCUT2D eigenvalue weighted by Gasteiger charge is -2.08. The summed E-state index contributed by atoms with van der Waals surface area (Å²) in [5, 5.41) is 3.21. The first-order chi connectivity index (χ1) is 14.0. The molecule has 1 aromatic heterocycles. The lowest BCUT2D eigenvalue weighted by atomic mass is 10.1. The second-order valence-corrected chi connectivity index (χ2v) is 7.29. The Kier molecular flexibility index (Phi) is 5.18. The number of anilines is 1. The maximum Gasteiger partial charge on any atom is 0.255 e. The van der Waals surface area contributed by atoms with Crippen LogP contribution in [0, 0.1) is 0 Å². The molecule has 0 radical (unpaired) electrons.